The largest absolute Gasteiger partial charge is 0.432 e. The fourth-order valence-electron chi connectivity index (χ4n) is 3.76. The van der Waals surface area contributed by atoms with E-state index in [1.807, 2.05) is 11.9 Å². The highest BCUT2D eigenvalue weighted by Gasteiger charge is 2.42. The van der Waals surface area contributed by atoms with Crippen LogP contribution < -0.4 is 0 Å². The molecule has 0 saturated carbocycles. The number of likely N-dealkylation sites (N-methyl/N-ethyl adjacent to an activating group) is 1. The molecular weight excluding hydrogens is 384 g/mol. The third-order valence-electron chi connectivity index (χ3n) is 5.17. The molecule has 4 rings (SSSR count). The molecule has 150 valence electrons. The third-order valence-corrected chi connectivity index (χ3v) is 5.17. The summed E-state index contributed by atoms with van der Waals surface area (Å²) in [6.07, 6.45) is -2.50. The molecule has 1 aliphatic heterocycles. The van der Waals surface area contributed by atoms with Crippen LogP contribution in [-0.4, -0.2) is 35.5 Å². The molecule has 2 heterocycles. The Hall–Kier alpha value is -2.93. The van der Waals surface area contributed by atoms with Crippen LogP contribution in [0.3, 0.4) is 0 Å². The average molecular weight is 402 g/mol. The van der Waals surface area contributed by atoms with Crippen LogP contribution in [0.2, 0.25) is 0 Å². The lowest BCUT2D eigenvalue weighted by atomic mass is 9.96. The van der Waals surface area contributed by atoms with Crippen molar-refractivity contribution in [1.82, 2.24) is 9.47 Å². The van der Waals surface area contributed by atoms with Gasteiger partial charge in [0.2, 0.25) is 0 Å². The first-order valence-electron chi connectivity index (χ1n) is 9.16. The normalized spacial score (nSPS) is 15.6. The van der Waals surface area contributed by atoms with Gasteiger partial charge in [-0.1, -0.05) is 24.3 Å². The smallest absolute Gasteiger partial charge is 0.302 e. The van der Waals surface area contributed by atoms with E-state index in [9.17, 15) is 22.4 Å². The number of carbonyl (C=O) groups is 1. The summed E-state index contributed by atoms with van der Waals surface area (Å²) < 4.78 is 56.7. The molecule has 2 aromatic carbocycles. The average Bonchev–Trinajstić information content (AvgIpc) is 3.04. The first kappa shape index (κ1) is 19.4. The minimum Gasteiger partial charge on any atom is -0.302 e. The lowest BCUT2D eigenvalue weighted by Crippen LogP contribution is -2.25. The topological polar surface area (TPSA) is 25.2 Å². The molecule has 3 nitrogen and oxygen atoms in total. The lowest BCUT2D eigenvalue weighted by molar-refractivity contribution is -0.142. The van der Waals surface area contributed by atoms with Gasteiger partial charge in [0.25, 0.3) is 5.91 Å². The highest BCUT2D eigenvalue weighted by atomic mass is 19.4. The number of rotatable bonds is 2. The van der Waals surface area contributed by atoms with Crippen molar-refractivity contribution in [2.45, 2.75) is 12.6 Å². The summed E-state index contributed by atoms with van der Waals surface area (Å²) in [6, 6.07) is 10.9. The predicted octanol–water partition coefficient (Wildman–Crippen LogP) is 5.21. The molecule has 0 saturated heterocycles. The van der Waals surface area contributed by atoms with E-state index in [0.717, 1.165) is 16.7 Å². The van der Waals surface area contributed by atoms with Crippen molar-refractivity contribution >= 4 is 22.4 Å². The van der Waals surface area contributed by atoms with Crippen molar-refractivity contribution < 1.29 is 22.4 Å². The minimum absolute atomic E-state index is 0.0124. The monoisotopic (exact) mass is 402 g/mol. The molecule has 0 atom stereocenters. The summed E-state index contributed by atoms with van der Waals surface area (Å²) in [4.78, 5) is 15.1. The summed E-state index contributed by atoms with van der Waals surface area (Å²) in [7, 11) is 1.90. The molecule has 3 aromatic rings. The second kappa shape index (κ2) is 7.15. The van der Waals surface area contributed by atoms with Gasteiger partial charge < -0.3 is 4.90 Å². The number of para-hydroxylation sites is 1. The predicted molar refractivity (Wildman–Crippen MR) is 103 cm³/mol. The van der Waals surface area contributed by atoms with Crippen molar-refractivity contribution in [3.8, 4) is 0 Å². The Kier molecular flexibility index (Phi) is 4.78. The van der Waals surface area contributed by atoms with Gasteiger partial charge in [-0.3, -0.25) is 9.36 Å². The zero-order valence-electron chi connectivity index (χ0n) is 15.6. The van der Waals surface area contributed by atoms with Gasteiger partial charge in [0.05, 0.1) is 5.52 Å². The van der Waals surface area contributed by atoms with Crippen LogP contribution in [-0.2, 0) is 6.18 Å². The number of aromatic nitrogens is 1. The van der Waals surface area contributed by atoms with Gasteiger partial charge in [0.15, 0.2) is 0 Å². The van der Waals surface area contributed by atoms with Gasteiger partial charge in [-0.15, -0.1) is 0 Å². The van der Waals surface area contributed by atoms with Crippen LogP contribution in [0.25, 0.3) is 16.5 Å². The summed E-state index contributed by atoms with van der Waals surface area (Å²) in [6.45, 7) is 1.17. The third kappa shape index (κ3) is 3.46. The van der Waals surface area contributed by atoms with Gasteiger partial charge in [-0.05, 0) is 49.4 Å². The van der Waals surface area contributed by atoms with E-state index in [0.29, 0.717) is 30.5 Å². The molecule has 0 N–H and O–H groups in total. The second-order valence-electron chi connectivity index (χ2n) is 7.13. The maximum Gasteiger partial charge on any atom is 0.432 e. The maximum absolute atomic E-state index is 14.2. The zero-order chi connectivity index (χ0) is 20.8. The van der Waals surface area contributed by atoms with E-state index in [1.54, 1.807) is 24.3 Å². The Morgan fingerprint density at radius 3 is 2.34 bits per heavy atom. The van der Waals surface area contributed by atoms with Gasteiger partial charge in [-0.25, -0.2) is 4.39 Å². The fourth-order valence-corrected chi connectivity index (χ4v) is 3.76. The van der Waals surface area contributed by atoms with Crippen LogP contribution in [0.1, 0.15) is 28.0 Å². The molecule has 0 amide bonds. The van der Waals surface area contributed by atoms with E-state index in [4.69, 9.17) is 0 Å². The van der Waals surface area contributed by atoms with Crippen LogP contribution in [0.15, 0.2) is 54.6 Å². The molecule has 0 unspecified atom stereocenters. The lowest BCUT2D eigenvalue weighted by Gasteiger charge is -2.23. The number of hydrogen-bond donors (Lipinski definition) is 0. The Bertz CT molecular complexity index is 1110. The Balaban J connectivity index is 2.02. The van der Waals surface area contributed by atoms with Gasteiger partial charge in [0.1, 0.15) is 11.5 Å². The van der Waals surface area contributed by atoms with E-state index in [2.05, 4.69) is 0 Å². The standard InChI is InChI=1S/C22H18F4N2O/c1-27-12-10-14(11-13-27)19-17-4-2-3-5-18(17)28(20(19)22(24,25)26)21(29)15-6-8-16(23)9-7-15/h2-10H,11-13H2,1H3. The molecule has 0 spiro atoms. The zero-order valence-corrected chi connectivity index (χ0v) is 15.6. The van der Waals surface area contributed by atoms with Crippen LogP contribution in [0.4, 0.5) is 17.6 Å². The van der Waals surface area contributed by atoms with E-state index >= 15 is 0 Å². The maximum atomic E-state index is 14.2. The van der Waals surface area contributed by atoms with Crippen molar-refractivity contribution in [3.05, 3.63) is 77.2 Å². The van der Waals surface area contributed by atoms with Crippen molar-refractivity contribution in [2.75, 3.05) is 20.1 Å². The molecule has 0 fully saturated rings. The number of halogens is 4. The summed E-state index contributed by atoms with van der Waals surface area (Å²) in [5.41, 5.74) is -0.177. The highest BCUT2D eigenvalue weighted by molar-refractivity contribution is 6.07. The Morgan fingerprint density at radius 2 is 1.72 bits per heavy atom. The summed E-state index contributed by atoms with van der Waals surface area (Å²) >= 11 is 0. The molecule has 1 aromatic heterocycles. The fraction of sp³-hybridized carbons (Fsp3) is 0.227. The Labute approximate surface area is 164 Å². The number of benzene rings is 2. The molecule has 0 radical (unpaired) electrons. The van der Waals surface area contributed by atoms with Gasteiger partial charge in [0, 0.05) is 29.6 Å². The van der Waals surface area contributed by atoms with Crippen LogP contribution in [0, 0.1) is 5.82 Å². The number of carbonyl (C=O) groups excluding carboxylic acids is 1. The number of fused-ring (bicyclic) bond motifs is 1. The molecule has 0 bridgehead atoms. The molecule has 1 aliphatic rings. The summed E-state index contributed by atoms with van der Waals surface area (Å²) in [5, 5.41) is 0.381. The molecule has 29 heavy (non-hydrogen) atoms. The highest BCUT2D eigenvalue weighted by Crippen LogP contribution is 2.43. The quantitative estimate of drug-likeness (QED) is 0.550. The molecule has 0 aliphatic carbocycles. The van der Waals surface area contributed by atoms with Crippen LogP contribution in [0.5, 0.6) is 0 Å². The number of hydrogen-bond acceptors (Lipinski definition) is 2. The Morgan fingerprint density at radius 1 is 1.03 bits per heavy atom. The van der Waals surface area contributed by atoms with Gasteiger partial charge >= 0.3 is 6.18 Å². The van der Waals surface area contributed by atoms with Crippen molar-refractivity contribution in [2.24, 2.45) is 0 Å². The second-order valence-corrected chi connectivity index (χ2v) is 7.13. The van der Waals surface area contributed by atoms with E-state index in [-0.39, 0.29) is 16.6 Å². The molecular formula is C22H18F4N2O. The minimum atomic E-state index is -4.74. The van der Waals surface area contributed by atoms with Gasteiger partial charge in [-0.2, -0.15) is 13.2 Å². The van der Waals surface area contributed by atoms with Crippen LogP contribution >= 0.6 is 0 Å². The van der Waals surface area contributed by atoms with Crippen molar-refractivity contribution in [1.29, 1.82) is 0 Å². The number of nitrogens with zero attached hydrogens (tertiary/aromatic N) is 2. The molecule has 7 heteroatoms. The van der Waals surface area contributed by atoms with E-state index in [1.165, 1.54) is 18.2 Å². The van der Waals surface area contributed by atoms with E-state index < -0.39 is 23.6 Å². The first-order chi connectivity index (χ1) is 13.8. The van der Waals surface area contributed by atoms with Crippen molar-refractivity contribution in [3.63, 3.8) is 0 Å². The SMILES string of the molecule is CN1CC=C(c2c(C(F)(F)F)n(C(=O)c3ccc(F)cc3)c3ccccc23)CC1. The number of alkyl halides is 3. The first-order valence-corrected chi connectivity index (χ1v) is 9.16. The summed E-state index contributed by atoms with van der Waals surface area (Å²) in [5.74, 6) is -1.40.